The van der Waals surface area contributed by atoms with Crippen molar-refractivity contribution in [1.82, 2.24) is 0 Å². The Morgan fingerprint density at radius 3 is 2.62 bits per heavy atom. The van der Waals surface area contributed by atoms with Crippen LogP contribution in [0.25, 0.3) is 0 Å². The molecule has 0 spiro atoms. The van der Waals surface area contributed by atoms with Crippen molar-refractivity contribution < 1.29 is 14.1 Å². The van der Waals surface area contributed by atoms with E-state index in [0.717, 1.165) is 0 Å². The zero-order valence-electron chi connectivity index (χ0n) is 10.7. The number of nitro benzene ring substituents is 1. The van der Waals surface area contributed by atoms with Gasteiger partial charge in [-0.05, 0) is 12.1 Å². The largest absolute Gasteiger partial charge is 0.485 e. The number of nitrogens with zero attached hydrogens (tertiary/aromatic N) is 1. The first kappa shape index (κ1) is 15.5. The SMILES string of the molecule is O=[N+]([O-])c1cccc(Cl)c1COc1c(F)cccc1CCl. The Balaban J connectivity index is 2.31. The normalized spacial score (nSPS) is 10.4. The third-order valence-electron chi connectivity index (χ3n) is 2.84. The second-order valence-electron chi connectivity index (χ2n) is 4.15. The molecule has 0 atom stereocenters. The number of hydrogen-bond acceptors (Lipinski definition) is 3. The molecule has 0 amide bonds. The van der Waals surface area contributed by atoms with Crippen LogP contribution < -0.4 is 4.74 Å². The van der Waals surface area contributed by atoms with Crippen molar-refractivity contribution in [3.05, 3.63) is 68.5 Å². The Morgan fingerprint density at radius 1 is 1.24 bits per heavy atom. The number of hydrogen-bond donors (Lipinski definition) is 0. The summed E-state index contributed by atoms with van der Waals surface area (Å²) in [4.78, 5) is 10.4. The van der Waals surface area contributed by atoms with Crippen molar-refractivity contribution >= 4 is 28.9 Å². The Hall–Kier alpha value is -1.85. The van der Waals surface area contributed by atoms with E-state index < -0.39 is 10.7 Å². The summed E-state index contributed by atoms with van der Waals surface area (Å²) >= 11 is 11.7. The monoisotopic (exact) mass is 329 g/mol. The van der Waals surface area contributed by atoms with Gasteiger partial charge in [-0.1, -0.05) is 29.8 Å². The highest BCUT2D eigenvalue weighted by atomic mass is 35.5. The van der Waals surface area contributed by atoms with Gasteiger partial charge in [-0.2, -0.15) is 0 Å². The molecule has 4 nitrogen and oxygen atoms in total. The van der Waals surface area contributed by atoms with Crippen LogP contribution in [0.1, 0.15) is 11.1 Å². The number of nitro groups is 1. The van der Waals surface area contributed by atoms with Crippen LogP contribution in [0.5, 0.6) is 5.75 Å². The summed E-state index contributed by atoms with van der Waals surface area (Å²) in [5.74, 6) is -0.540. The third-order valence-corrected chi connectivity index (χ3v) is 3.49. The van der Waals surface area contributed by atoms with E-state index in [-0.39, 0.29) is 34.5 Å². The van der Waals surface area contributed by atoms with Crippen molar-refractivity contribution in [2.24, 2.45) is 0 Å². The molecule has 0 aromatic heterocycles. The fraction of sp³-hybridized carbons (Fsp3) is 0.143. The van der Waals surface area contributed by atoms with Gasteiger partial charge in [0.2, 0.25) is 0 Å². The predicted molar refractivity (Wildman–Crippen MR) is 78.4 cm³/mol. The summed E-state index contributed by atoms with van der Waals surface area (Å²) in [6.45, 7) is -0.221. The average molecular weight is 330 g/mol. The van der Waals surface area contributed by atoms with Crippen molar-refractivity contribution in [2.45, 2.75) is 12.5 Å². The van der Waals surface area contributed by atoms with Crippen molar-refractivity contribution in [3.63, 3.8) is 0 Å². The lowest BCUT2D eigenvalue weighted by Gasteiger charge is -2.12. The van der Waals surface area contributed by atoms with Crippen LogP contribution in [-0.2, 0) is 12.5 Å². The van der Waals surface area contributed by atoms with Gasteiger partial charge < -0.3 is 4.74 Å². The standard InChI is InChI=1S/C14H10Cl2FNO3/c15-7-9-3-1-5-12(17)14(9)21-8-10-11(16)4-2-6-13(10)18(19)20/h1-6H,7-8H2. The number of halogens is 3. The predicted octanol–water partition coefficient (Wildman–Crippen LogP) is 4.71. The van der Waals surface area contributed by atoms with Gasteiger partial charge in [0.15, 0.2) is 11.6 Å². The highest BCUT2D eigenvalue weighted by Gasteiger charge is 2.18. The second kappa shape index (κ2) is 6.74. The average Bonchev–Trinajstić information content (AvgIpc) is 2.46. The van der Waals surface area contributed by atoms with Gasteiger partial charge in [-0.3, -0.25) is 10.1 Å². The van der Waals surface area contributed by atoms with Crippen LogP contribution in [-0.4, -0.2) is 4.92 Å². The fourth-order valence-corrected chi connectivity index (χ4v) is 2.26. The molecule has 2 rings (SSSR count). The molecule has 0 saturated heterocycles. The summed E-state index contributed by atoms with van der Waals surface area (Å²) < 4.78 is 19.1. The minimum atomic E-state index is -0.581. The maximum atomic E-state index is 13.7. The van der Waals surface area contributed by atoms with E-state index in [0.29, 0.717) is 5.56 Å². The molecule has 21 heavy (non-hydrogen) atoms. The van der Waals surface area contributed by atoms with Gasteiger partial charge in [0.25, 0.3) is 5.69 Å². The number of rotatable bonds is 5. The summed E-state index contributed by atoms with van der Waals surface area (Å²) in [5, 5.41) is 11.2. The molecule has 0 aliphatic rings. The molecule has 0 aliphatic carbocycles. The van der Waals surface area contributed by atoms with E-state index in [1.807, 2.05) is 0 Å². The third kappa shape index (κ3) is 3.43. The van der Waals surface area contributed by atoms with Crippen molar-refractivity contribution in [3.8, 4) is 5.75 Å². The van der Waals surface area contributed by atoms with Gasteiger partial charge >= 0.3 is 0 Å². The number of para-hydroxylation sites is 1. The second-order valence-corrected chi connectivity index (χ2v) is 4.82. The minimum absolute atomic E-state index is 0.0262. The lowest BCUT2D eigenvalue weighted by atomic mass is 10.2. The molecule has 2 aromatic carbocycles. The first-order valence-electron chi connectivity index (χ1n) is 5.92. The fourth-order valence-electron chi connectivity index (χ4n) is 1.83. The first-order valence-corrected chi connectivity index (χ1v) is 6.83. The number of ether oxygens (including phenoxy) is 1. The molecular weight excluding hydrogens is 320 g/mol. The quantitative estimate of drug-likeness (QED) is 0.453. The van der Waals surface area contributed by atoms with Crippen LogP contribution in [0.3, 0.4) is 0 Å². The summed E-state index contributed by atoms with van der Waals surface area (Å²) in [5.41, 5.74) is 0.477. The molecule has 0 fully saturated rings. The van der Waals surface area contributed by atoms with E-state index in [4.69, 9.17) is 27.9 Å². The summed E-state index contributed by atoms with van der Waals surface area (Å²) in [7, 11) is 0. The van der Waals surface area contributed by atoms with Gasteiger partial charge in [-0.15, -0.1) is 11.6 Å². The molecule has 0 bridgehead atoms. The smallest absolute Gasteiger partial charge is 0.277 e. The van der Waals surface area contributed by atoms with Crippen LogP contribution in [0.4, 0.5) is 10.1 Å². The highest BCUT2D eigenvalue weighted by Crippen LogP contribution is 2.30. The minimum Gasteiger partial charge on any atom is -0.485 e. The number of benzene rings is 2. The topological polar surface area (TPSA) is 52.4 Å². The maximum absolute atomic E-state index is 13.7. The highest BCUT2D eigenvalue weighted by molar-refractivity contribution is 6.31. The summed E-state index contributed by atoms with van der Waals surface area (Å²) in [6, 6.07) is 8.65. The molecule has 0 unspecified atom stereocenters. The molecule has 0 heterocycles. The molecule has 7 heteroatoms. The Morgan fingerprint density at radius 2 is 1.95 bits per heavy atom. The first-order chi connectivity index (χ1) is 10.0. The van der Waals surface area contributed by atoms with Gasteiger partial charge in [0.1, 0.15) is 6.61 Å². The van der Waals surface area contributed by atoms with Crippen LogP contribution in [0.2, 0.25) is 5.02 Å². The van der Waals surface area contributed by atoms with Gasteiger partial charge in [0, 0.05) is 11.6 Å². The summed E-state index contributed by atoms with van der Waals surface area (Å²) in [6.07, 6.45) is 0. The van der Waals surface area contributed by atoms with Gasteiger partial charge in [-0.25, -0.2) is 4.39 Å². The molecule has 0 N–H and O–H groups in total. The maximum Gasteiger partial charge on any atom is 0.277 e. The van der Waals surface area contributed by atoms with Crippen LogP contribution in [0, 0.1) is 15.9 Å². The lowest BCUT2D eigenvalue weighted by molar-refractivity contribution is -0.385. The Bertz CT molecular complexity index is 679. The van der Waals surface area contributed by atoms with E-state index in [1.54, 1.807) is 6.07 Å². The van der Waals surface area contributed by atoms with E-state index in [1.165, 1.54) is 30.3 Å². The Labute approximate surface area is 130 Å². The zero-order chi connectivity index (χ0) is 15.4. The number of alkyl halides is 1. The van der Waals surface area contributed by atoms with E-state index >= 15 is 0 Å². The molecule has 0 saturated carbocycles. The zero-order valence-corrected chi connectivity index (χ0v) is 12.2. The molecule has 110 valence electrons. The Kier molecular flexibility index (Phi) is 4.98. The molecule has 0 aliphatic heterocycles. The van der Waals surface area contributed by atoms with Crippen molar-refractivity contribution in [1.29, 1.82) is 0 Å². The molecule has 0 radical (unpaired) electrons. The van der Waals surface area contributed by atoms with Crippen LogP contribution >= 0.6 is 23.2 Å². The van der Waals surface area contributed by atoms with E-state index in [2.05, 4.69) is 0 Å². The van der Waals surface area contributed by atoms with Crippen LogP contribution in [0.15, 0.2) is 36.4 Å². The molecular formula is C14H10Cl2FNO3. The van der Waals surface area contributed by atoms with E-state index in [9.17, 15) is 14.5 Å². The van der Waals surface area contributed by atoms with Crippen molar-refractivity contribution in [2.75, 3.05) is 0 Å². The molecule has 2 aromatic rings. The van der Waals surface area contributed by atoms with Gasteiger partial charge in [0.05, 0.1) is 21.4 Å². The lowest BCUT2D eigenvalue weighted by Crippen LogP contribution is -2.04.